The molecule has 0 saturated heterocycles. The summed E-state index contributed by atoms with van der Waals surface area (Å²) in [5, 5.41) is 33.0. The number of nitriles is 2. The minimum Gasteiger partial charge on any atom is -0.358 e. The highest BCUT2D eigenvalue weighted by molar-refractivity contribution is 5.74. The van der Waals surface area contributed by atoms with Gasteiger partial charge >= 0.3 is 0 Å². The lowest BCUT2D eigenvalue weighted by Crippen LogP contribution is -1.96. The minimum atomic E-state index is -0.541. The van der Waals surface area contributed by atoms with E-state index in [0.29, 0.717) is 5.56 Å². The lowest BCUT2D eigenvalue weighted by molar-refractivity contribution is 0.631. The third-order valence-corrected chi connectivity index (χ3v) is 2.17. The predicted octanol–water partition coefficient (Wildman–Crippen LogP) is 1.19. The molecule has 0 aliphatic heterocycles. The van der Waals surface area contributed by atoms with Gasteiger partial charge in [0, 0.05) is 6.20 Å². The molecule has 1 heterocycles. The Hall–Kier alpha value is -3.26. The summed E-state index contributed by atoms with van der Waals surface area (Å²) in [5.74, 6) is -0.451. The average Bonchev–Trinajstić information content (AvgIpc) is 2.95. The van der Waals surface area contributed by atoms with Crippen molar-refractivity contribution in [2.24, 2.45) is 0 Å². The van der Waals surface area contributed by atoms with Crippen molar-refractivity contribution < 1.29 is 4.39 Å². The molecule has 0 radical (unpaired) electrons. The molecule has 0 bridgehead atoms. The summed E-state index contributed by atoms with van der Waals surface area (Å²) in [4.78, 5) is 0. The van der Waals surface area contributed by atoms with Crippen LogP contribution in [0.15, 0.2) is 24.4 Å². The Bertz CT molecular complexity index is 691. The van der Waals surface area contributed by atoms with Gasteiger partial charge in [-0.3, -0.25) is 0 Å². The third kappa shape index (κ3) is 2.70. The lowest BCUT2D eigenvalue weighted by Gasteiger charge is -2.03. The molecule has 0 aliphatic rings. The van der Waals surface area contributed by atoms with Crippen molar-refractivity contribution in [3.63, 3.8) is 0 Å². The lowest BCUT2D eigenvalue weighted by atomic mass is 10.2. The van der Waals surface area contributed by atoms with E-state index in [1.54, 1.807) is 0 Å². The number of nitrogens with one attached hydrogen (secondary N) is 2. The topological polar surface area (TPSA) is 114 Å². The maximum absolute atomic E-state index is 13.5. The number of anilines is 1. The first-order chi connectivity index (χ1) is 9.24. The van der Waals surface area contributed by atoms with Crippen LogP contribution in [0.2, 0.25) is 0 Å². The second-order valence-corrected chi connectivity index (χ2v) is 3.36. The molecule has 92 valence electrons. The van der Waals surface area contributed by atoms with E-state index in [4.69, 9.17) is 10.5 Å². The van der Waals surface area contributed by atoms with Gasteiger partial charge in [0.05, 0.1) is 17.3 Å². The molecule has 0 unspecified atom stereocenters. The van der Waals surface area contributed by atoms with Crippen molar-refractivity contribution in [2.75, 3.05) is 5.32 Å². The van der Waals surface area contributed by atoms with E-state index in [1.807, 2.05) is 12.1 Å². The summed E-state index contributed by atoms with van der Waals surface area (Å²) in [6.45, 7) is 0. The number of allylic oxidation sites excluding steroid dienone is 1. The molecular weight excluding hydrogens is 249 g/mol. The van der Waals surface area contributed by atoms with E-state index >= 15 is 0 Å². The third-order valence-electron chi connectivity index (χ3n) is 2.17. The van der Waals surface area contributed by atoms with Crippen LogP contribution >= 0.6 is 0 Å². The SMILES string of the molecule is N#CC(=CNc1cc(C#N)ccc1F)c1nn[nH]n1. The number of aromatic nitrogens is 4. The van der Waals surface area contributed by atoms with E-state index in [2.05, 4.69) is 25.9 Å². The predicted molar refractivity (Wildman–Crippen MR) is 62.5 cm³/mol. The van der Waals surface area contributed by atoms with Crippen molar-refractivity contribution in [2.45, 2.75) is 0 Å². The molecule has 19 heavy (non-hydrogen) atoms. The molecule has 0 fully saturated rings. The Labute approximate surface area is 107 Å². The van der Waals surface area contributed by atoms with Gasteiger partial charge in [0.1, 0.15) is 17.5 Å². The van der Waals surface area contributed by atoms with Crippen LogP contribution in [0.4, 0.5) is 10.1 Å². The largest absolute Gasteiger partial charge is 0.358 e. The average molecular weight is 255 g/mol. The summed E-state index contributed by atoms with van der Waals surface area (Å²) in [7, 11) is 0. The van der Waals surface area contributed by atoms with Crippen LogP contribution < -0.4 is 5.32 Å². The van der Waals surface area contributed by atoms with Crippen LogP contribution in [-0.4, -0.2) is 20.6 Å². The van der Waals surface area contributed by atoms with Gasteiger partial charge in [-0.2, -0.15) is 15.7 Å². The Morgan fingerprint density at radius 2 is 2.26 bits per heavy atom. The standard InChI is InChI=1S/C11H6FN7/c12-9-2-1-7(4-13)3-10(9)15-6-8(5-14)11-16-18-19-17-11/h1-3,6,15H,(H,16,17,18,19). The fraction of sp³-hybridized carbons (Fsp3) is 0. The molecule has 1 aromatic heterocycles. The molecule has 7 nitrogen and oxygen atoms in total. The smallest absolute Gasteiger partial charge is 0.216 e. The Balaban J connectivity index is 2.27. The Morgan fingerprint density at radius 1 is 1.42 bits per heavy atom. The van der Waals surface area contributed by atoms with Crippen LogP contribution in [-0.2, 0) is 0 Å². The van der Waals surface area contributed by atoms with Crippen LogP contribution in [0.1, 0.15) is 11.4 Å². The molecule has 2 N–H and O–H groups in total. The summed E-state index contributed by atoms with van der Waals surface area (Å²) in [6.07, 6.45) is 1.24. The molecule has 8 heteroatoms. The molecular formula is C11H6FN7. The van der Waals surface area contributed by atoms with Gasteiger partial charge in [-0.05, 0) is 23.4 Å². The normalized spacial score (nSPS) is 10.6. The molecule has 0 saturated carbocycles. The zero-order valence-electron chi connectivity index (χ0n) is 9.42. The second kappa shape index (κ2) is 5.38. The van der Waals surface area contributed by atoms with Crippen molar-refractivity contribution in [1.82, 2.24) is 20.6 Å². The monoisotopic (exact) mass is 255 g/mol. The van der Waals surface area contributed by atoms with E-state index in [9.17, 15) is 4.39 Å². The fourth-order valence-corrected chi connectivity index (χ4v) is 1.28. The highest BCUT2D eigenvalue weighted by atomic mass is 19.1. The number of rotatable bonds is 3. The maximum Gasteiger partial charge on any atom is 0.216 e. The quantitative estimate of drug-likeness (QED) is 0.796. The first-order valence-corrected chi connectivity index (χ1v) is 5.05. The van der Waals surface area contributed by atoms with Gasteiger partial charge in [-0.15, -0.1) is 10.2 Å². The summed E-state index contributed by atoms with van der Waals surface area (Å²) in [6, 6.07) is 7.59. The van der Waals surface area contributed by atoms with Gasteiger partial charge < -0.3 is 5.32 Å². The van der Waals surface area contributed by atoms with Gasteiger partial charge in [-0.25, -0.2) is 4.39 Å². The van der Waals surface area contributed by atoms with Crippen molar-refractivity contribution in [3.05, 3.63) is 41.6 Å². The number of H-pyrrole nitrogens is 1. The van der Waals surface area contributed by atoms with Crippen LogP contribution in [0.25, 0.3) is 5.57 Å². The van der Waals surface area contributed by atoms with E-state index in [1.165, 1.54) is 18.3 Å². The molecule has 0 amide bonds. The van der Waals surface area contributed by atoms with Crippen molar-refractivity contribution in [3.8, 4) is 12.1 Å². The zero-order valence-corrected chi connectivity index (χ0v) is 9.42. The van der Waals surface area contributed by atoms with E-state index in [-0.39, 0.29) is 17.1 Å². The van der Waals surface area contributed by atoms with Crippen molar-refractivity contribution >= 4 is 11.3 Å². The first kappa shape index (κ1) is 12.2. The molecule has 0 atom stereocenters. The summed E-state index contributed by atoms with van der Waals surface area (Å²) < 4.78 is 13.5. The maximum atomic E-state index is 13.5. The number of nitrogens with zero attached hydrogens (tertiary/aromatic N) is 5. The molecule has 2 aromatic rings. The first-order valence-electron chi connectivity index (χ1n) is 5.05. The number of halogens is 1. The van der Waals surface area contributed by atoms with E-state index in [0.717, 1.165) is 6.07 Å². The van der Waals surface area contributed by atoms with Crippen LogP contribution in [0.5, 0.6) is 0 Å². The molecule has 1 aromatic carbocycles. The Morgan fingerprint density at radius 3 is 2.89 bits per heavy atom. The second-order valence-electron chi connectivity index (χ2n) is 3.36. The zero-order chi connectivity index (χ0) is 13.7. The van der Waals surface area contributed by atoms with Crippen molar-refractivity contribution in [1.29, 1.82) is 10.5 Å². The van der Waals surface area contributed by atoms with Gasteiger partial charge in [0.15, 0.2) is 0 Å². The van der Waals surface area contributed by atoms with Gasteiger partial charge in [0.25, 0.3) is 0 Å². The number of hydrogen-bond acceptors (Lipinski definition) is 6. The highest BCUT2D eigenvalue weighted by Gasteiger charge is 2.07. The fourth-order valence-electron chi connectivity index (χ4n) is 1.28. The molecule has 0 spiro atoms. The number of hydrogen-bond donors (Lipinski definition) is 2. The summed E-state index contributed by atoms with van der Waals surface area (Å²) >= 11 is 0. The minimum absolute atomic E-state index is 0.0790. The number of benzene rings is 1. The van der Waals surface area contributed by atoms with Crippen LogP contribution in [0, 0.1) is 28.5 Å². The van der Waals surface area contributed by atoms with E-state index < -0.39 is 5.82 Å². The van der Waals surface area contributed by atoms with Gasteiger partial charge in [0.2, 0.25) is 5.82 Å². The number of tetrazole rings is 1. The summed E-state index contributed by atoms with van der Waals surface area (Å²) in [5.41, 5.74) is 0.459. The molecule has 2 rings (SSSR count). The van der Waals surface area contributed by atoms with Gasteiger partial charge in [-0.1, -0.05) is 0 Å². The number of aromatic amines is 1. The Kier molecular flexibility index (Phi) is 3.46. The highest BCUT2D eigenvalue weighted by Crippen LogP contribution is 2.17. The molecule has 0 aliphatic carbocycles. The van der Waals surface area contributed by atoms with Crippen LogP contribution in [0.3, 0.4) is 0 Å².